The van der Waals surface area contributed by atoms with Gasteiger partial charge in [-0.05, 0) is 24.3 Å². The molecule has 2 aromatic rings. The van der Waals surface area contributed by atoms with Crippen LogP contribution >= 0.6 is 0 Å². The maximum atomic E-state index is 13.5. The van der Waals surface area contributed by atoms with Crippen LogP contribution in [0.5, 0.6) is 0 Å². The van der Waals surface area contributed by atoms with Gasteiger partial charge in [0.2, 0.25) is 5.91 Å². The number of hydrogen-bond acceptors (Lipinski definition) is 2. The number of rotatable bonds is 5. The third-order valence-corrected chi connectivity index (χ3v) is 2.91. The van der Waals surface area contributed by atoms with Gasteiger partial charge in [0, 0.05) is 29.9 Å². The van der Waals surface area contributed by atoms with Crippen LogP contribution in [0.15, 0.2) is 48.5 Å². The van der Waals surface area contributed by atoms with Gasteiger partial charge in [-0.25, -0.2) is 4.39 Å². The van der Waals surface area contributed by atoms with E-state index in [0.29, 0.717) is 18.5 Å². The largest absolute Gasteiger partial charge is 0.381 e. The van der Waals surface area contributed by atoms with Gasteiger partial charge >= 0.3 is 0 Å². The van der Waals surface area contributed by atoms with Crippen molar-refractivity contribution in [2.24, 2.45) is 0 Å². The Balaban J connectivity index is 2.01. The fourth-order valence-corrected chi connectivity index (χ4v) is 1.80. The maximum absolute atomic E-state index is 13.5. The minimum Gasteiger partial charge on any atom is -0.381 e. The first-order valence-electron chi connectivity index (χ1n) is 6.56. The molecule has 0 fully saturated rings. The molecule has 0 aliphatic heterocycles. The zero-order valence-corrected chi connectivity index (χ0v) is 11.3. The number of hydrogen-bond donors (Lipinski definition) is 2. The molecular weight excluding hydrogens is 255 g/mol. The van der Waals surface area contributed by atoms with E-state index in [1.807, 2.05) is 24.3 Å². The van der Waals surface area contributed by atoms with E-state index in [1.165, 1.54) is 6.07 Å². The molecule has 0 unspecified atom stereocenters. The maximum Gasteiger partial charge on any atom is 0.224 e. The number of carbonyl (C=O) groups excluding carboxylic acids is 1. The third kappa shape index (κ3) is 3.82. The molecule has 0 atom stereocenters. The molecule has 0 aliphatic carbocycles. The molecule has 3 nitrogen and oxygen atoms in total. The van der Waals surface area contributed by atoms with Crippen molar-refractivity contribution in [3.05, 3.63) is 59.9 Å². The van der Waals surface area contributed by atoms with Crippen LogP contribution in [-0.2, 0) is 11.3 Å². The first-order valence-corrected chi connectivity index (χ1v) is 6.56. The Morgan fingerprint density at radius 1 is 1.10 bits per heavy atom. The Morgan fingerprint density at radius 3 is 2.60 bits per heavy atom. The van der Waals surface area contributed by atoms with Crippen molar-refractivity contribution >= 4 is 17.3 Å². The Labute approximate surface area is 117 Å². The molecule has 0 radical (unpaired) electrons. The van der Waals surface area contributed by atoms with Crippen molar-refractivity contribution in [1.29, 1.82) is 0 Å². The van der Waals surface area contributed by atoms with Crippen LogP contribution in [0.3, 0.4) is 0 Å². The predicted octanol–water partition coefficient (Wildman–Crippen LogP) is 3.79. The lowest BCUT2D eigenvalue weighted by molar-refractivity contribution is -0.115. The topological polar surface area (TPSA) is 41.1 Å². The normalized spacial score (nSPS) is 10.1. The van der Waals surface area contributed by atoms with Gasteiger partial charge in [-0.3, -0.25) is 4.79 Å². The number of amides is 1. The molecule has 0 aromatic heterocycles. The Bertz CT molecular complexity index is 599. The lowest BCUT2D eigenvalue weighted by Gasteiger charge is -2.09. The van der Waals surface area contributed by atoms with E-state index in [2.05, 4.69) is 10.6 Å². The predicted molar refractivity (Wildman–Crippen MR) is 79.1 cm³/mol. The Kier molecular flexibility index (Phi) is 4.71. The second-order valence-corrected chi connectivity index (χ2v) is 4.43. The van der Waals surface area contributed by atoms with Crippen molar-refractivity contribution in [2.45, 2.75) is 19.9 Å². The zero-order chi connectivity index (χ0) is 14.4. The van der Waals surface area contributed by atoms with Crippen LogP contribution < -0.4 is 10.6 Å². The molecule has 2 aromatic carbocycles. The van der Waals surface area contributed by atoms with Crippen molar-refractivity contribution in [3.8, 4) is 0 Å². The number of benzene rings is 2. The van der Waals surface area contributed by atoms with Crippen molar-refractivity contribution < 1.29 is 9.18 Å². The Hall–Kier alpha value is -2.36. The number of nitrogens with one attached hydrogen (secondary N) is 2. The molecular formula is C16H17FN2O. The average molecular weight is 272 g/mol. The first-order chi connectivity index (χ1) is 9.69. The first kappa shape index (κ1) is 14.1. The number of carbonyl (C=O) groups is 1. The second kappa shape index (κ2) is 6.70. The summed E-state index contributed by atoms with van der Waals surface area (Å²) in [7, 11) is 0. The van der Waals surface area contributed by atoms with Crippen molar-refractivity contribution in [2.75, 3.05) is 10.6 Å². The summed E-state index contributed by atoms with van der Waals surface area (Å²) in [4.78, 5) is 11.3. The Morgan fingerprint density at radius 2 is 1.85 bits per heavy atom. The molecule has 0 saturated carbocycles. The van der Waals surface area contributed by atoms with Gasteiger partial charge in [0.25, 0.3) is 0 Å². The zero-order valence-electron chi connectivity index (χ0n) is 11.3. The lowest BCUT2D eigenvalue weighted by Crippen LogP contribution is -2.09. The summed E-state index contributed by atoms with van der Waals surface area (Å²) < 4.78 is 13.5. The minimum atomic E-state index is -0.226. The second-order valence-electron chi connectivity index (χ2n) is 4.43. The summed E-state index contributed by atoms with van der Waals surface area (Å²) >= 11 is 0. The summed E-state index contributed by atoms with van der Waals surface area (Å²) in [6, 6.07) is 14.0. The fourth-order valence-electron chi connectivity index (χ4n) is 1.80. The lowest BCUT2D eigenvalue weighted by atomic mass is 10.2. The van der Waals surface area contributed by atoms with Gasteiger partial charge in [0.05, 0.1) is 0 Å². The van der Waals surface area contributed by atoms with Crippen LogP contribution in [0.4, 0.5) is 15.8 Å². The molecule has 2 N–H and O–H groups in total. The molecule has 2 rings (SSSR count). The molecule has 0 heterocycles. The van der Waals surface area contributed by atoms with Gasteiger partial charge in [0.15, 0.2) is 0 Å². The highest BCUT2D eigenvalue weighted by Gasteiger charge is 2.02. The molecule has 0 bridgehead atoms. The summed E-state index contributed by atoms with van der Waals surface area (Å²) in [5.74, 6) is -0.258. The standard InChI is InChI=1S/C16H17FN2O/c1-2-16(20)19-14-8-5-7-13(10-14)18-11-12-6-3-4-9-15(12)17/h3-10,18H,2,11H2,1H3,(H,19,20). The van der Waals surface area contributed by atoms with E-state index in [9.17, 15) is 9.18 Å². The van der Waals surface area contributed by atoms with Crippen molar-refractivity contribution in [1.82, 2.24) is 0 Å². The van der Waals surface area contributed by atoms with Gasteiger partial charge in [-0.15, -0.1) is 0 Å². The molecule has 20 heavy (non-hydrogen) atoms. The highest BCUT2D eigenvalue weighted by Crippen LogP contribution is 2.17. The van der Waals surface area contributed by atoms with Crippen LogP contribution in [0.25, 0.3) is 0 Å². The van der Waals surface area contributed by atoms with Gasteiger partial charge in [-0.2, -0.15) is 0 Å². The van der Waals surface area contributed by atoms with E-state index >= 15 is 0 Å². The molecule has 4 heteroatoms. The third-order valence-electron chi connectivity index (χ3n) is 2.91. The molecule has 0 saturated heterocycles. The van der Waals surface area contributed by atoms with Crippen LogP contribution in [0.2, 0.25) is 0 Å². The van der Waals surface area contributed by atoms with E-state index in [0.717, 1.165) is 11.4 Å². The summed E-state index contributed by atoms with van der Waals surface area (Å²) in [6.45, 7) is 2.20. The molecule has 0 aliphatic rings. The fraction of sp³-hybridized carbons (Fsp3) is 0.188. The quantitative estimate of drug-likeness (QED) is 0.869. The smallest absolute Gasteiger partial charge is 0.224 e. The minimum absolute atomic E-state index is 0.0312. The molecule has 104 valence electrons. The summed E-state index contributed by atoms with van der Waals surface area (Å²) in [5.41, 5.74) is 2.17. The van der Waals surface area contributed by atoms with E-state index in [4.69, 9.17) is 0 Å². The highest BCUT2D eigenvalue weighted by molar-refractivity contribution is 5.90. The highest BCUT2D eigenvalue weighted by atomic mass is 19.1. The van der Waals surface area contributed by atoms with Crippen LogP contribution in [0.1, 0.15) is 18.9 Å². The average Bonchev–Trinajstić information content (AvgIpc) is 2.47. The molecule has 1 amide bonds. The summed E-state index contributed by atoms with van der Waals surface area (Å²) in [6.07, 6.45) is 0.437. The van der Waals surface area contributed by atoms with Crippen LogP contribution in [0, 0.1) is 5.82 Å². The van der Waals surface area contributed by atoms with Crippen LogP contribution in [-0.4, -0.2) is 5.91 Å². The number of anilines is 2. The van der Waals surface area contributed by atoms with Crippen molar-refractivity contribution in [3.63, 3.8) is 0 Å². The van der Waals surface area contributed by atoms with Gasteiger partial charge in [0.1, 0.15) is 5.82 Å². The van der Waals surface area contributed by atoms with Gasteiger partial charge in [-0.1, -0.05) is 31.2 Å². The monoisotopic (exact) mass is 272 g/mol. The van der Waals surface area contributed by atoms with E-state index in [-0.39, 0.29) is 11.7 Å². The van der Waals surface area contributed by atoms with Gasteiger partial charge < -0.3 is 10.6 Å². The van der Waals surface area contributed by atoms with E-state index < -0.39 is 0 Å². The van der Waals surface area contributed by atoms with E-state index in [1.54, 1.807) is 25.1 Å². The summed E-state index contributed by atoms with van der Waals surface area (Å²) in [5, 5.41) is 5.93. The number of halogens is 1. The SMILES string of the molecule is CCC(=O)Nc1cccc(NCc2ccccc2F)c1. The molecule has 0 spiro atoms.